The van der Waals surface area contributed by atoms with E-state index in [1.807, 2.05) is 13.8 Å². The molecule has 2 heterocycles. The van der Waals surface area contributed by atoms with Gasteiger partial charge >= 0.3 is 0 Å². The van der Waals surface area contributed by atoms with Crippen molar-refractivity contribution in [1.82, 2.24) is 14.7 Å². The zero-order chi connectivity index (χ0) is 12.6. The second-order valence-electron chi connectivity index (χ2n) is 5.13. The summed E-state index contributed by atoms with van der Waals surface area (Å²) in [5, 5.41) is 13.6. The van der Waals surface area contributed by atoms with Gasteiger partial charge in [-0.3, -0.25) is 9.58 Å². The van der Waals surface area contributed by atoms with Crippen LogP contribution in [0.15, 0.2) is 0 Å². The zero-order valence-electron chi connectivity index (χ0n) is 11.1. The van der Waals surface area contributed by atoms with Crippen LogP contribution < -0.4 is 0 Å². The summed E-state index contributed by atoms with van der Waals surface area (Å²) in [6.07, 6.45) is 1.13. The van der Waals surface area contributed by atoms with Gasteiger partial charge in [0, 0.05) is 19.1 Å². The molecule has 0 aliphatic carbocycles. The molecule has 4 nitrogen and oxygen atoms in total. The molecule has 0 bridgehead atoms. The Morgan fingerprint density at radius 3 is 2.59 bits per heavy atom. The van der Waals surface area contributed by atoms with Crippen molar-refractivity contribution in [1.29, 1.82) is 5.26 Å². The monoisotopic (exact) mass is 232 g/mol. The highest BCUT2D eigenvalue weighted by molar-refractivity contribution is 5.37. The van der Waals surface area contributed by atoms with Gasteiger partial charge in [-0.1, -0.05) is 0 Å². The molecular formula is C13H20N4. The SMILES string of the molecule is Cc1nn(C2CCN(C(C)C)C2)c(C)c1C#N. The molecule has 0 radical (unpaired) electrons. The lowest BCUT2D eigenvalue weighted by Crippen LogP contribution is -2.29. The Morgan fingerprint density at radius 2 is 2.12 bits per heavy atom. The average Bonchev–Trinajstić information content (AvgIpc) is 2.84. The Hall–Kier alpha value is -1.34. The fourth-order valence-electron chi connectivity index (χ4n) is 2.62. The molecule has 1 saturated heterocycles. The summed E-state index contributed by atoms with van der Waals surface area (Å²) < 4.78 is 2.05. The minimum absolute atomic E-state index is 0.429. The highest BCUT2D eigenvalue weighted by Gasteiger charge is 2.28. The molecule has 0 aromatic carbocycles. The van der Waals surface area contributed by atoms with Crippen LogP contribution in [0.25, 0.3) is 0 Å². The van der Waals surface area contributed by atoms with Gasteiger partial charge in [0.1, 0.15) is 6.07 Å². The molecule has 92 valence electrons. The third-order valence-electron chi connectivity index (χ3n) is 3.71. The van der Waals surface area contributed by atoms with Crippen molar-refractivity contribution in [2.75, 3.05) is 13.1 Å². The van der Waals surface area contributed by atoms with Crippen LogP contribution in [0.1, 0.15) is 43.3 Å². The molecule has 1 unspecified atom stereocenters. The predicted molar refractivity (Wildman–Crippen MR) is 66.8 cm³/mol. The number of nitrogens with zero attached hydrogens (tertiary/aromatic N) is 4. The molecule has 1 fully saturated rings. The first-order chi connectivity index (χ1) is 8.04. The minimum Gasteiger partial charge on any atom is -0.299 e. The summed E-state index contributed by atoms with van der Waals surface area (Å²) in [5.74, 6) is 0. The van der Waals surface area contributed by atoms with Crippen molar-refractivity contribution in [2.45, 2.75) is 46.2 Å². The van der Waals surface area contributed by atoms with Gasteiger partial charge in [0.05, 0.1) is 23.0 Å². The van der Waals surface area contributed by atoms with Crippen molar-refractivity contribution >= 4 is 0 Å². The number of nitriles is 1. The zero-order valence-corrected chi connectivity index (χ0v) is 11.1. The van der Waals surface area contributed by atoms with E-state index in [4.69, 9.17) is 5.26 Å². The molecule has 0 saturated carbocycles. The maximum Gasteiger partial charge on any atom is 0.103 e. The highest BCUT2D eigenvalue weighted by Crippen LogP contribution is 2.25. The first kappa shape index (κ1) is 12.1. The molecule has 1 aromatic rings. The van der Waals surface area contributed by atoms with Crippen LogP contribution in [0, 0.1) is 25.2 Å². The normalized spacial score (nSPS) is 21.1. The van der Waals surface area contributed by atoms with E-state index in [1.165, 1.54) is 0 Å². The second-order valence-corrected chi connectivity index (χ2v) is 5.13. The fraction of sp³-hybridized carbons (Fsp3) is 0.692. The molecule has 1 aliphatic rings. The van der Waals surface area contributed by atoms with E-state index in [-0.39, 0.29) is 0 Å². The smallest absolute Gasteiger partial charge is 0.103 e. The molecule has 0 N–H and O–H groups in total. The predicted octanol–water partition coefficient (Wildman–Crippen LogP) is 2.03. The molecule has 0 spiro atoms. The summed E-state index contributed by atoms with van der Waals surface area (Å²) in [5.41, 5.74) is 2.61. The number of hydrogen-bond donors (Lipinski definition) is 0. The number of aryl methyl sites for hydroxylation is 1. The van der Waals surface area contributed by atoms with Crippen molar-refractivity contribution < 1.29 is 0 Å². The van der Waals surface area contributed by atoms with E-state index in [9.17, 15) is 0 Å². The standard InChI is InChI=1S/C13H20N4/c1-9(2)16-6-5-12(8-16)17-11(4)13(7-14)10(3)15-17/h9,12H,5-6,8H2,1-4H3. The average molecular weight is 232 g/mol. The Labute approximate surface area is 103 Å². The van der Waals surface area contributed by atoms with E-state index >= 15 is 0 Å². The summed E-state index contributed by atoms with van der Waals surface area (Å²) in [6.45, 7) is 10.5. The molecular weight excluding hydrogens is 212 g/mol. The van der Waals surface area contributed by atoms with Gasteiger partial charge in [0.2, 0.25) is 0 Å². The molecule has 4 heteroatoms. The van der Waals surface area contributed by atoms with Crippen LogP contribution in [0.4, 0.5) is 0 Å². The number of rotatable bonds is 2. The number of likely N-dealkylation sites (tertiary alicyclic amines) is 1. The quantitative estimate of drug-likeness (QED) is 0.783. The van der Waals surface area contributed by atoms with Gasteiger partial charge in [-0.05, 0) is 34.1 Å². The minimum atomic E-state index is 0.429. The molecule has 1 aliphatic heterocycles. The summed E-state index contributed by atoms with van der Waals surface area (Å²) in [7, 11) is 0. The van der Waals surface area contributed by atoms with E-state index in [1.54, 1.807) is 0 Å². The van der Waals surface area contributed by atoms with Crippen LogP contribution in [-0.2, 0) is 0 Å². The third kappa shape index (κ3) is 2.07. The maximum atomic E-state index is 9.08. The first-order valence-electron chi connectivity index (χ1n) is 6.24. The van der Waals surface area contributed by atoms with Crippen LogP contribution in [0.3, 0.4) is 0 Å². The Kier molecular flexibility index (Phi) is 3.21. The summed E-state index contributed by atoms with van der Waals surface area (Å²) >= 11 is 0. The van der Waals surface area contributed by atoms with Crippen LogP contribution in [0.5, 0.6) is 0 Å². The van der Waals surface area contributed by atoms with Gasteiger partial charge in [-0.15, -0.1) is 0 Å². The third-order valence-corrected chi connectivity index (χ3v) is 3.71. The Morgan fingerprint density at radius 1 is 1.41 bits per heavy atom. The topological polar surface area (TPSA) is 44.9 Å². The van der Waals surface area contributed by atoms with Crippen molar-refractivity contribution in [3.05, 3.63) is 17.0 Å². The maximum absolute atomic E-state index is 9.08. The Bertz CT molecular complexity index is 453. The lowest BCUT2D eigenvalue weighted by molar-refractivity contribution is 0.262. The lowest BCUT2D eigenvalue weighted by Gasteiger charge is -2.20. The van der Waals surface area contributed by atoms with E-state index in [2.05, 4.69) is 34.6 Å². The van der Waals surface area contributed by atoms with Crippen molar-refractivity contribution in [3.8, 4) is 6.07 Å². The summed E-state index contributed by atoms with van der Waals surface area (Å²) in [4.78, 5) is 2.47. The number of hydrogen-bond acceptors (Lipinski definition) is 3. The largest absolute Gasteiger partial charge is 0.299 e. The van der Waals surface area contributed by atoms with Crippen LogP contribution in [0.2, 0.25) is 0 Å². The fourth-order valence-corrected chi connectivity index (χ4v) is 2.62. The van der Waals surface area contributed by atoms with E-state index in [0.29, 0.717) is 12.1 Å². The van der Waals surface area contributed by atoms with E-state index in [0.717, 1.165) is 36.5 Å². The molecule has 17 heavy (non-hydrogen) atoms. The van der Waals surface area contributed by atoms with Gasteiger partial charge in [-0.2, -0.15) is 10.4 Å². The molecule has 1 atom stereocenters. The molecule has 1 aromatic heterocycles. The van der Waals surface area contributed by atoms with Gasteiger partial charge in [0.15, 0.2) is 0 Å². The second kappa shape index (κ2) is 4.50. The number of aromatic nitrogens is 2. The molecule has 2 rings (SSSR count). The van der Waals surface area contributed by atoms with Gasteiger partial charge in [0.25, 0.3) is 0 Å². The van der Waals surface area contributed by atoms with Crippen molar-refractivity contribution in [2.24, 2.45) is 0 Å². The van der Waals surface area contributed by atoms with Crippen LogP contribution >= 0.6 is 0 Å². The van der Waals surface area contributed by atoms with Crippen molar-refractivity contribution in [3.63, 3.8) is 0 Å². The molecule has 0 amide bonds. The lowest BCUT2D eigenvalue weighted by atomic mass is 10.2. The highest BCUT2D eigenvalue weighted by atomic mass is 15.3. The van der Waals surface area contributed by atoms with E-state index < -0.39 is 0 Å². The van der Waals surface area contributed by atoms with Gasteiger partial charge in [-0.25, -0.2) is 0 Å². The first-order valence-corrected chi connectivity index (χ1v) is 6.24. The summed E-state index contributed by atoms with van der Waals surface area (Å²) in [6, 6.07) is 3.26. The van der Waals surface area contributed by atoms with Crippen LogP contribution in [-0.4, -0.2) is 33.8 Å². The van der Waals surface area contributed by atoms with Gasteiger partial charge < -0.3 is 0 Å². The Balaban J connectivity index is 2.23.